The van der Waals surface area contributed by atoms with E-state index in [-0.39, 0.29) is 22.8 Å². The third-order valence-electron chi connectivity index (χ3n) is 5.04. The first-order valence-corrected chi connectivity index (χ1v) is 11.3. The number of hydrogen-bond donors (Lipinski definition) is 0. The topological polar surface area (TPSA) is 93.0 Å². The van der Waals surface area contributed by atoms with Crippen LogP contribution in [0.3, 0.4) is 0 Å². The summed E-state index contributed by atoms with van der Waals surface area (Å²) in [5, 5.41) is 11.7. The first kappa shape index (κ1) is 23.6. The Hall–Kier alpha value is -2.65. The van der Waals surface area contributed by atoms with Crippen LogP contribution in [0.1, 0.15) is 25.8 Å². The molecule has 0 saturated heterocycles. The molecule has 0 amide bonds. The zero-order valence-corrected chi connectivity index (χ0v) is 18.7. The van der Waals surface area contributed by atoms with Gasteiger partial charge in [0.1, 0.15) is 11.4 Å². The minimum Gasteiger partial charge on any atom is -0.496 e. The molecule has 0 aliphatic carbocycles. The van der Waals surface area contributed by atoms with Crippen molar-refractivity contribution in [3.63, 3.8) is 0 Å². The largest absolute Gasteiger partial charge is 0.496 e. The van der Waals surface area contributed by atoms with Crippen LogP contribution in [-0.2, 0) is 10.0 Å². The molecule has 30 heavy (non-hydrogen) atoms. The van der Waals surface area contributed by atoms with E-state index in [0.717, 1.165) is 17.4 Å². The average Bonchev–Trinajstić information content (AvgIpc) is 2.73. The molecule has 0 fully saturated rings. The van der Waals surface area contributed by atoms with Gasteiger partial charge in [-0.25, -0.2) is 8.42 Å². The summed E-state index contributed by atoms with van der Waals surface area (Å²) in [7, 11) is -2.59. The van der Waals surface area contributed by atoms with Crippen LogP contribution in [0.25, 0.3) is 0 Å². The van der Waals surface area contributed by atoms with Crippen LogP contribution in [0.5, 0.6) is 5.75 Å². The molecule has 164 valence electrons. The first-order chi connectivity index (χ1) is 14.3. The van der Waals surface area contributed by atoms with Gasteiger partial charge in [0.25, 0.3) is 15.7 Å². The monoisotopic (exact) mass is 435 g/mol. The Kier molecular flexibility index (Phi) is 8.19. The van der Waals surface area contributed by atoms with Gasteiger partial charge in [-0.15, -0.1) is 0 Å². The van der Waals surface area contributed by atoms with Crippen molar-refractivity contribution in [3.8, 4) is 5.75 Å². The maximum absolute atomic E-state index is 13.6. The van der Waals surface area contributed by atoms with E-state index in [1.807, 2.05) is 13.8 Å². The molecule has 0 atom stereocenters. The zero-order valence-electron chi connectivity index (χ0n) is 17.9. The molecule has 0 aliphatic rings. The number of nitro groups is 1. The second-order valence-corrected chi connectivity index (χ2v) is 8.67. The van der Waals surface area contributed by atoms with Crippen LogP contribution < -0.4 is 9.04 Å². The number of nitrogens with zero attached hydrogens (tertiary/aromatic N) is 3. The summed E-state index contributed by atoms with van der Waals surface area (Å²) in [6.45, 7) is 8.31. The predicted molar refractivity (Wildman–Crippen MR) is 118 cm³/mol. The third kappa shape index (κ3) is 5.28. The molecule has 0 N–H and O–H groups in total. The molecule has 0 bridgehead atoms. The van der Waals surface area contributed by atoms with Crippen molar-refractivity contribution in [2.45, 2.75) is 32.1 Å². The quantitative estimate of drug-likeness (QED) is 0.393. The van der Waals surface area contributed by atoms with Crippen LogP contribution in [0.4, 0.5) is 11.4 Å². The molecule has 2 aromatic rings. The van der Waals surface area contributed by atoms with Gasteiger partial charge < -0.3 is 9.64 Å². The fourth-order valence-electron chi connectivity index (χ4n) is 3.30. The summed E-state index contributed by atoms with van der Waals surface area (Å²) in [6, 6.07) is 10.9. The number of anilines is 1. The van der Waals surface area contributed by atoms with Gasteiger partial charge in [0.15, 0.2) is 0 Å². The number of nitro benzene ring substituents is 1. The minimum absolute atomic E-state index is 0.0311. The molecule has 2 aromatic carbocycles. The molecule has 9 heteroatoms. The number of aryl methyl sites for hydroxylation is 1. The van der Waals surface area contributed by atoms with E-state index in [1.165, 1.54) is 31.4 Å². The summed E-state index contributed by atoms with van der Waals surface area (Å²) in [5.41, 5.74) is 0.306. The van der Waals surface area contributed by atoms with Crippen LogP contribution in [0.2, 0.25) is 0 Å². The lowest BCUT2D eigenvalue weighted by molar-refractivity contribution is -0.384. The highest BCUT2D eigenvalue weighted by molar-refractivity contribution is 7.92. The summed E-state index contributed by atoms with van der Waals surface area (Å²) in [5.74, 6) is 0.293. The summed E-state index contributed by atoms with van der Waals surface area (Å²) >= 11 is 0. The minimum atomic E-state index is -4.00. The predicted octanol–water partition coefficient (Wildman–Crippen LogP) is 3.84. The lowest BCUT2D eigenvalue weighted by Gasteiger charge is -2.26. The maximum atomic E-state index is 13.6. The van der Waals surface area contributed by atoms with Crippen LogP contribution in [0, 0.1) is 17.0 Å². The van der Waals surface area contributed by atoms with Gasteiger partial charge in [0, 0.05) is 6.54 Å². The van der Waals surface area contributed by atoms with Gasteiger partial charge in [-0.05, 0) is 56.7 Å². The van der Waals surface area contributed by atoms with Gasteiger partial charge in [-0.1, -0.05) is 32.0 Å². The summed E-state index contributed by atoms with van der Waals surface area (Å²) in [6.07, 6.45) is 0.538. The molecule has 0 radical (unpaired) electrons. The van der Waals surface area contributed by atoms with Crippen molar-refractivity contribution in [1.29, 1.82) is 0 Å². The Labute approximate surface area is 178 Å². The van der Waals surface area contributed by atoms with E-state index in [9.17, 15) is 18.5 Å². The highest BCUT2D eigenvalue weighted by Crippen LogP contribution is 2.36. The Morgan fingerprint density at radius 2 is 1.73 bits per heavy atom. The maximum Gasteiger partial charge on any atom is 0.297 e. The summed E-state index contributed by atoms with van der Waals surface area (Å²) < 4.78 is 33.4. The highest BCUT2D eigenvalue weighted by Gasteiger charge is 2.31. The van der Waals surface area contributed by atoms with E-state index in [2.05, 4.69) is 4.90 Å². The fraction of sp³-hybridized carbons (Fsp3) is 0.429. The van der Waals surface area contributed by atoms with Gasteiger partial charge in [0.2, 0.25) is 0 Å². The smallest absolute Gasteiger partial charge is 0.297 e. The van der Waals surface area contributed by atoms with Crippen molar-refractivity contribution in [3.05, 3.63) is 58.1 Å². The molecule has 0 heterocycles. The molecule has 0 unspecified atom stereocenters. The lowest BCUT2D eigenvalue weighted by Crippen LogP contribution is -2.35. The Bertz CT molecular complexity index is 974. The van der Waals surface area contributed by atoms with E-state index in [4.69, 9.17) is 4.74 Å². The standard InChI is InChI=1S/C21H29N3O5S/c1-5-22(6-2)14-9-15-23(30(27,28)21-11-8-7-10-17(21)3)19-13-12-18(29-4)16-20(19)24(25)26/h7-8,10-13,16H,5-6,9,14-15H2,1-4H3. The molecule has 0 spiro atoms. The molecule has 0 saturated carbocycles. The molecule has 0 aromatic heterocycles. The van der Waals surface area contributed by atoms with Gasteiger partial charge in [0.05, 0.1) is 23.0 Å². The van der Waals surface area contributed by atoms with Gasteiger partial charge in [-0.3, -0.25) is 14.4 Å². The second-order valence-electron chi connectivity index (χ2n) is 6.83. The van der Waals surface area contributed by atoms with Crippen molar-refractivity contribution in [1.82, 2.24) is 4.90 Å². The zero-order chi connectivity index (χ0) is 22.3. The number of hydrogen-bond acceptors (Lipinski definition) is 6. The number of benzene rings is 2. The molecule has 0 aliphatic heterocycles. The molecule has 8 nitrogen and oxygen atoms in total. The number of sulfonamides is 1. The van der Waals surface area contributed by atoms with Crippen LogP contribution >= 0.6 is 0 Å². The van der Waals surface area contributed by atoms with Crippen molar-refractivity contribution in [2.24, 2.45) is 0 Å². The van der Waals surface area contributed by atoms with Crippen LogP contribution in [0.15, 0.2) is 47.4 Å². The number of ether oxygens (including phenoxy) is 1. The van der Waals surface area contributed by atoms with Crippen molar-refractivity contribution < 1.29 is 18.1 Å². The molecular formula is C21H29N3O5S. The average molecular weight is 436 g/mol. The van der Waals surface area contributed by atoms with Crippen LogP contribution in [-0.4, -0.2) is 51.5 Å². The number of rotatable bonds is 11. The van der Waals surface area contributed by atoms with Crippen molar-refractivity contribution >= 4 is 21.4 Å². The number of methoxy groups -OCH3 is 1. The Morgan fingerprint density at radius 3 is 2.30 bits per heavy atom. The third-order valence-corrected chi connectivity index (χ3v) is 7.01. The SMILES string of the molecule is CCN(CC)CCCN(c1ccc(OC)cc1[N+](=O)[O-])S(=O)(=O)c1ccccc1C. The lowest BCUT2D eigenvalue weighted by atomic mass is 10.2. The Morgan fingerprint density at radius 1 is 1.07 bits per heavy atom. The van der Waals surface area contributed by atoms with E-state index >= 15 is 0 Å². The Balaban J connectivity index is 2.55. The molecule has 2 rings (SSSR count). The molecular weight excluding hydrogens is 406 g/mol. The van der Waals surface area contributed by atoms with Gasteiger partial charge >= 0.3 is 0 Å². The normalized spacial score (nSPS) is 11.5. The van der Waals surface area contributed by atoms with Crippen molar-refractivity contribution in [2.75, 3.05) is 37.6 Å². The highest BCUT2D eigenvalue weighted by atomic mass is 32.2. The van der Waals surface area contributed by atoms with E-state index < -0.39 is 14.9 Å². The van der Waals surface area contributed by atoms with Gasteiger partial charge in [-0.2, -0.15) is 0 Å². The van der Waals surface area contributed by atoms with E-state index in [0.29, 0.717) is 24.3 Å². The summed E-state index contributed by atoms with van der Waals surface area (Å²) in [4.78, 5) is 13.5. The second kappa shape index (κ2) is 10.4. The van der Waals surface area contributed by atoms with E-state index in [1.54, 1.807) is 25.1 Å². The first-order valence-electron chi connectivity index (χ1n) is 9.89. The fourth-order valence-corrected chi connectivity index (χ4v) is 5.05.